The highest BCUT2D eigenvalue weighted by atomic mass is 16.5. The van der Waals surface area contributed by atoms with Crippen molar-refractivity contribution in [1.82, 2.24) is 25.2 Å². The fourth-order valence-electron chi connectivity index (χ4n) is 5.82. The third kappa shape index (κ3) is 7.81. The van der Waals surface area contributed by atoms with Crippen molar-refractivity contribution in [2.24, 2.45) is 0 Å². The highest BCUT2D eigenvalue weighted by Crippen LogP contribution is 2.34. The number of rotatable bonds is 13. The fourth-order valence-corrected chi connectivity index (χ4v) is 5.82. The molecule has 0 bridgehead atoms. The molecule has 48 heavy (non-hydrogen) atoms. The molecule has 2 aromatic carbocycles. The number of carbonyl (C=O) groups is 1. The summed E-state index contributed by atoms with van der Waals surface area (Å²) >= 11 is 0. The molecule has 11 heteroatoms. The zero-order chi connectivity index (χ0) is 33.5. The normalized spacial score (nSPS) is 13.2. The van der Waals surface area contributed by atoms with Gasteiger partial charge in [0.1, 0.15) is 23.1 Å². The van der Waals surface area contributed by atoms with Gasteiger partial charge in [-0.3, -0.25) is 15.2 Å². The number of anilines is 2. The Bertz CT molecular complexity index is 1790. The number of nitrogens with zero attached hydrogens (tertiary/aromatic N) is 5. The number of ether oxygens (including phenoxy) is 3. The number of aromatic nitrogens is 3. The van der Waals surface area contributed by atoms with E-state index >= 15 is 0 Å². The van der Waals surface area contributed by atoms with E-state index in [1.165, 1.54) is 0 Å². The van der Waals surface area contributed by atoms with Gasteiger partial charge in [-0.05, 0) is 71.5 Å². The summed E-state index contributed by atoms with van der Waals surface area (Å²) in [6.45, 7) is 6.33. The summed E-state index contributed by atoms with van der Waals surface area (Å²) in [6, 6.07) is 21.8. The van der Waals surface area contributed by atoms with Crippen LogP contribution in [0, 0.1) is 6.92 Å². The molecule has 1 fully saturated rings. The lowest BCUT2D eigenvalue weighted by molar-refractivity contribution is 0.0867. The average molecular weight is 648 g/mol. The number of amides is 2. The Morgan fingerprint density at radius 2 is 1.58 bits per heavy atom. The summed E-state index contributed by atoms with van der Waals surface area (Å²) in [4.78, 5) is 31.7. The van der Waals surface area contributed by atoms with E-state index in [2.05, 4.69) is 61.6 Å². The molecule has 4 heterocycles. The Kier molecular flexibility index (Phi) is 10.3. The van der Waals surface area contributed by atoms with E-state index in [0.29, 0.717) is 25.5 Å². The molecule has 1 aliphatic heterocycles. The van der Waals surface area contributed by atoms with E-state index in [1.54, 1.807) is 33.7 Å². The molecule has 2 amide bonds. The molecule has 3 aromatic heterocycles. The molecular weight excluding hydrogens is 606 g/mol. The molecule has 0 saturated carbocycles. The number of aryl methyl sites for hydroxylation is 1. The summed E-state index contributed by atoms with van der Waals surface area (Å²) in [5, 5.41) is 7.74. The van der Waals surface area contributed by atoms with Gasteiger partial charge in [-0.25, -0.2) is 14.8 Å². The van der Waals surface area contributed by atoms with Gasteiger partial charge in [0.2, 0.25) is 0 Å². The molecule has 6 rings (SSSR count). The predicted octanol–water partition coefficient (Wildman–Crippen LogP) is 5.68. The maximum absolute atomic E-state index is 12.9. The lowest BCUT2D eigenvalue weighted by Gasteiger charge is -2.39. The van der Waals surface area contributed by atoms with Gasteiger partial charge in [-0.2, -0.15) is 0 Å². The van der Waals surface area contributed by atoms with Crippen LogP contribution < -0.4 is 25.0 Å². The molecule has 1 aliphatic rings. The minimum Gasteiger partial charge on any atom is -0.497 e. The molecule has 0 unspecified atom stereocenters. The van der Waals surface area contributed by atoms with Gasteiger partial charge in [-0.1, -0.05) is 24.3 Å². The van der Waals surface area contributed by atoms with Crippen LogP contribution in [-0.2, 0) is 17.8 Å². The third-order valence-electron chi connectivity index (χ3n) is 8.52. The molecule has 5 aromatic rings. The molecule has 0 radical (unpaired) electrons. The monoisotopic (exact) mass is 647 g/mol. The van der Waals surface area contributed by atoms with Crippen LogP contribution >= 0.6 is 0 Å². The first-order valence-electron chi connectivity index (χ1n) is 15.9. The highest BCUT2D eigenvalue weighted by molar-refractivity contribution is 5.98. The number of hydrogen-bond donors (Lipinski definition) is 2. The van der Waals surface area contributed by atoms with Crippen molar-refractivity contribution in [2.45, 2.75) is 26.1 Å². The Morgan fingerprint density at radius 1 is 0.917 bits per heavy atom. The third-order valence-corrected chi connectivity index (χ3v) is 8.52. The van der Waals surface area contributed by atoms with Gasteiger partial charge in [0.15, 0.2) is 0 Å². The number of pyridine rings is 3. The minimum atomic E-state index is -0.281. The number of fused-ring (bicyclic) bond motifs is 1. The number of likely N-dealkylation sites (tertiary alicyclic amines) is 1. The molecule has 1 saturated heterocycles. The second-order valence-corrected chi connectivity index (χ2v) is 11.9. The maximum Gasteiger partial charge on any atom is 0.320 e. The highest BCUT2D eigenvalue weighted by Gasteiger charge is 2.27. The van der Waals surface area contributed by atoms with Gasteiger partial charge >= 0.3 is 6.03 Å². The van der Waals surface area contributed by atoms with E-state index in [1.807, 2.05) is 48.7 Å². The molecule has 0 spiro atoms. The second-order valence-electron chi connectivity index (χ2n) is 11.9. The van der Waals surface area contributed by atoms with Gasteiger partial charge in [0, 0.05) is 69.4 Å². The molecule has 248 valence electrons. The molecular formula is C37H41N7O4. The Hall–Kier alpha value is -5.26. The SMILES string of the molecule is COCCN1CC(NC(=O)Nc2cc3cc(-c4cnccc4C)nc(N(Cc4ccc(OC)cc4)Cc4ccc(OC)cc4)c3cn2)C1. The minimum absolute atomic E-state index is 0.0859. The summed E-state index contributed by atoms with van der Waals surface area (Å²) in [6.07, 6.45) is 5.41. The number of carbonyl (C=O) groups excluding carboxylic acids is 1. The second kappa shape index (κ2) is 15.1. The van der Waals surface area contributed by atoms with Crippen molar-refractivity contribution < 1.29 is 19.0 Å². The maximum atomic E-state index is 12.9. The van der Waals surface area contributed by atoms with Crippen LogP contribution in [0.3, 0.4) is 0 Å². The fraction of sp³-hybridized carbons (Fsp3) is 0.297. The Morgan fingerprint density at radius 3 is 2.19 bits per heavy atom. The largest absolute Gasteiger partial charge is 0.497 e. The van der Waals surface area contributed by atoms with Crippen molar-refractivity contribution in [1.29, 1.82) is 0 Å². The van der Waals surface area contributed by atoms with Gasteiger partial charge in [0.05, 0.1) is 32.6 Å². The summed E-state index contributed by atoms with van der Waals surface area (Å²) in [7, 11) is 5.02. The Balaban J connectivity index is 1.35. The van der Waals surface area contributed by atoms with Crippen LogP contribution in [0.4, 0.5) is 16.4 Å². The lowest BCUT2D eigenvalue weighted by atomic mass is 10.0. The topological polar surface area (TPSA) is 114 Å². The number of nitrogens with one attached hydrogen (secondary N) is 2. The van der Waals surface area contributed by atoms with Crippen LogP contribution in [0.15, 0.2) is 85.3 Å². The van der Waals surface area contributed by atoms with Crippen LogP contribution in [0.1, 0.15) is 16.7 Å². The predicted molar refractivity (Wildman–Crippen MR) is 188 cm³/mol. The first kappa shape index (κ1) is 32.7. The number of urea groups is 1. The summed E-state index contributed by atoms with van der Waals surface area (Å²) in [5.74, 6) is 2.82. The van der Waals surface area contributed by atoms with Crippen molar-refractivity contribution in [3.8, 4) is 22.8 Å². The van der Waals surface area contributed by atoms with Crippen molar-refractivity contribution in [2.75, 3.05) is 57.8 Å². The zero-order valence-corrected chi connectivity index (χ0v) is 27.8. The van der Waals surface area contributed by atoms with Crippen LogP contribution in [0.2, 0.25) is 0 Å². The standard InChI is InChI=1S/C37H41N7O4/c1-25-13-14-38-19-32(25)34-17-28-18-35(42-37(45)40-29-23-43(24-29)15-16-46-2)39-20-33(28)36(41-34)44(21-26-5-9-30(47-3)10-6-26)22-27-7-11-31(48-4)12-8-27/h5-14,17-20,29H,15-16,21-24H2,1-4H3,(H2,39,40,42,45). The average Bonchev–Trinajstić information content (AvgIpc) is 3.09. The van der Waals surface area contributed by atoms with E-state index in [4.69, 9.17) is 19.2 Å². The van der Waals surface area contributed by atoms with Crippen molar-refractivity contribution in [3.05, 3.63) is 102 Å². The van der Waals surface area contributed by atoms with Gasteiger partial charge in [-0.15, -0.1) is 0 Å². The smallest absolute Gasteiger partial charge is 0.320 e. The van der Waals surface area contributed by atoms with E-state index in [9.17, 15) is 4.79 Å². The number of methoxy groups -OCH3 is 3. The first-order chi connectivity index (χ1) is 23.4. The van der Waals surface area contributed by atoms with Crippen LogP contribution in [-0.4, -0.2) is 79.5 Å². The first-order valence-corrected chi connectivity index (χ1v) is 15.9. The van der Waals surface area contributed by atoms with Crippen molar-refractivity contribution >= 4 is 28.4 Å². The van der Waals surface area contributed by atoms with Crippen LogP contribution in [0.25, 0.3) is 22.0 Å². The summed E-state index contributed by atoms with van der Waals surface area (Å²) in [5.41, 5.74) is 4.97. The number of benzene rings is 2. The number of hydrogen-bond acceptors (Lipinski definition) is 9. The van der Waals surface area contributed by atoms with Crippen molar-refractivity contribution in [3.63, 3.8) is 0 Å². The molecule has 0 atom stereocenters. The van der Waals surface area contributed by atoms with Crippen LogP contribution in [0.5, 0.6) is 11.5 Å². The van der Waals surface area contributed by atoms with E-state index < -0.39 is 0 Å². The summed E-state index contributed by atoms with van der Waals surface area (Å²) < 4.78 is 16.0. The van der Waals surface area contributed by atoms with Gasteiger partial charge < -0.3 is 24.4 Å². The molecule has 2 N–H and O–H groups in total. The quantitative estimate of drug-likeness (QED) is 0.167. The van der Waals surface area contributed by atoms with E-state index in [-0.39, 0.29) is 12.1 Å². The van der Waals surface area contributed by atoms with Gasteiger partial charge in [0.25, 0.3) is 0 Å². The Labute approximate surface area is 280 Å². The molecule has 0 aliphatic carbocycles. The van der Waals surface area contributed by atoms with E-state index in [0.717, 1.165) is 75.7 Å². The lowest BCUT2D eigenvalue weighted by Crippen LogP contribution is -2.60. The molecule has 11 nitrogen and oxygen atoms in total. The zero-order valence-electron chi connectivity index (χ0n) is 27.8.